The van der Waals surface area contributed by atoms with Crippen LogP contribution in [0.1, 0.15) is 95.1 Å². The summed E-state index contributed by atoms with van der Waals surface area (Å²) < 4.78 is 5.44. The monoisotopic (exact) mass is 490 g/mol. The molecule has 4 nitrogen and oxygen atoms in total. The number of phenolic OH excluding ortho intramolecular Hbond substituents is 2. The topological polar surface area (TPSA) is 66.8 Å². The highest BCUT2D eigenvalue weighted by Crippen LogP contribution is 2.22. The van der Waals surface area contributed by atoms with Crippen LogP contribution in [0.3, 0.4) is 0 Å². The maximum absolute atomic E-state index is 12.1. The lowest BCUT2D eigenvalue weighted by Gasteiger charge is -2.05. The predicted octanol–water partition coefficient (Wildman–Crippen LogP) is 8.99. The van der Waals surface area contributed by atoms with Crippen LogP contribution in [0.15, 0.2) is 66.8 Å². The molecule has 0 atom stereocenters. The third-order valence-electron chi connectivity index (χ3n) is 5.84. The van der Waals surface area contributed by atoms with Gasteiger partial charge in [0.25, 0.3) is 0 Å². The lowest BCUT2D eigenvalue weighted by atomic mass is 10.1. The van der Waals surface area contributed by atoms with Crippen LogP contribution in [0.4, 0.5) is 0 Å². The van der Waals surface area contributed by atoms with E-state index in [0.29, 0.717) is 17.7 Å². The SMILES string of the molecule is CCCCC/C=C\C/C=C\CCCCCCCC(=O)Oc1ccc(/C=C/c2cc(O)cc(O)c2)cc1. The van der Waals surface area contributed by atoms with Crippen molar-refractivity contribution >= 4 is 18.1 Å². The van der Waals surface area contributed by atoms with Gasteiger partial charge in [-0.25, -0.2) is 0 Å². The summed E-state index contributed by atoms with van der Waals surface area (Å²) in [6.07, 6.45) is 25.9. The highest BCUT2D eigenvalue weighted by molar-refractivity contribution is 5.73. The summed E-state index contributed by atoms with van der Waals surface area (Å²) in [7, 11) is 0. The van der Waals surface area contributed by atoms with E-state index in [2.05, 4.69) is 31.2 Å². The molecule has 36 heavy (non-hydrogen) atoms. The van der Waals surface area contributed by atoms with Crippen molar-refractivity contribution in [1.29, 1.82) is 0 Å². The van der Waals surface area contributed by atoms with Crippen molar-refractivity contribution in [2.75, 3.05) is 0 Å². The quantitative estimate of drug-likeness (QED) is 0.0763. The van der Waals surface area contributed by atoms with Crippen molar-refractivity contribution in [3.8, 4) is 17.2 Å². The molecule has 0 aliphatic rings. The molecule has 0 amide bonds. The number of ether oxygens (including phenoxy) is 1. The maximum atomic E-state index is 12.1. The third kappa shape index (κ3) is 13.6. The maximum Gasteiger partial charge on any atom is 0.311 e. The molecule has 2 N–H and O–H groups in total. The first-order valence-corrected chi connectivity index (χ1v) is 13.4. The number of aromatic hydroxyl groups is 2. The van der Waals surface area contributed by atoms with E-state index < -0.39 is 0 Å². The van der Waals surface area contributed by atoms with Crippen LogP contribution in [0.5, 0.6) is 17.2 Å². The van der Waals surface area contributed by atoms with Gasteiger partial charge in [-0.1, -0.05) is 87.6 Å². The lowest BCUT2D eigenvalue weighted by Crippen LogP contribution is -2.07. The number of phenols is 2. The van der Waals surface area contributed by atoms with Crippen molar-refractivity contribution in [2.24, 2.45) is 0 Å². The first kappa shape index (κ1) is 29.0. The van der Waals surface area contributed by atoms with Gasteiger partial charge in [-0.05, 0) is 73.9 Å². The van der Waals surface area contributed by atoms with E-state index in [-0.39, 0.29) is 17.5 Å². The lowest BCUT2D eigenvalue weighted by molar-refractivity contribution is -0.134. The summed E-state index contributed by atoms with van der Waals surface area (Å²) in [5, 5.41) is 19.1. The Labute approximate surface area is 217 Å². The molecular formula is C32H42O4. The fourth-order valence-corrected chi connectivity index (χ4v) is 3.82. The van der Waals surface area contributed by atoms with Crippen LogP contribution in [-0.4, -0.2) is 16.2 Å². The molecule has 4 heteroatoms. The Balaban J connectivity index is 1.52. The number of hydrogen-bond donors (Lipinski definition) is 2. The molecule has 0 spiro atoms. The molecule has 194 valence electrons. The number of allylic oxidation sites excluding steroid dienone is 4. The van der Waals surface area contributed by atoms with E-state index in [1.165, 1.54) is 44.6 Å². The Morgan fingerprint density at radius 3 is 1.97 bits per heavy atom. The molecule has 0 aliphatic carbocycles. The fraction of sp³-hybridized carbons (Fsp3) is 0.406. The standard InChI is InChI=1S/C32H42O4/c1-2-3-4-5-6-7-8-9-10-11-12-13-14-15-16-17-32(35)36-31-22-20-27(21-23-31)18-19-28-24-29(33)26-30(34)25-28/h6-7,9-10,18-26,33-34H,2-5,8,11-17H2,1H3/b7-6-,10-9-,19-18+. The number of unbranched alkanes of at least 4 members (excludes halogenated alkanes) is 8. The van der Waals surface area contributed by atoms with E-state index in [1.807, 2.05) is 18.2 Å². The first-order valence-electron chi connectivity index (χ1n) is 13.4. The Bertz CT molecular complexity index is 950. The first-order chi connectivity index (χ1) is 17.6. The number of esters is 1. The van der Waals surface area contributed by atoms with E-state index in [9.17, 15) is 15.0 Å². The van der Waals surface area contributed by atoms with Crippen LogP contribution >= 0.6 is 0 Å². The highest BCUT2D eigenvalue weighted by atomic mass is 16.5. The van der Waals surface area contributed by atoms with Gasteiger partial charge in [0.15, 0.2) is 0 Å². The zero-order chi connectivity index (χ0) is 25.8. The van der Waals surface area contributed by atoms with Gasteiger partial charge in [0.1, 0.15) is 17.2 Å². The molecule has 0 saturated heterocycles. The predicted molar refractivity (Wildman–Crippen MR) is 150 cm³/mol. The molecular weight excluding hydrogens is 448 g/mol. The molecule has 0 saturated carbocycles. The molecule has 0 heterocycles. The number of benzene rings is 2. The third-order valence-corrected chi connectivity index (χ3v) is 5.84. The molecule has 2 aromatic rings. The van der Waals surface area contributed by atoms with Crippen LogP contribution in [0.25, 0.3) is 12.2 Å². The van der Waals surface area contributed by atoms with Crippen LogP contribution in [0.2, 0.25) is 0 Å². The van der Waals surface area contributed by atoms with Crippen molar-refractivity contribution in [3.05, 3.63) is 77.9 Å². The zero-order valence-corrected chi connectivity index (χ0v) is 21.7. The van der Waals surface area contributed by atoms with Gasteiger partial charge in [-0.3, -0.25) is 4.79 Å². The Hall–Kier alpha value is -3.27. The van der Waals surface area contributed by atoms with Crippen LogP contribution in [-0.2, 0) is 4.79 Å². The molecule has 0 aliphatic heterocycles. The average Bonchev–Trinajstić information content (AvgIpc) is 2.85. The largest absolute Gasteiger partial charge is 0.508 e. The molecule has 0 unspecified atom stereocenters. The van der Waals surface area contributed by atoms with Gasteiger partial charge in [-0.2, -0.15) is 0 Å². The average molecular weight is 491 g/mol. The van der Waals surface area contributed by atoms with Crippen molar-refractivity contribution in [3.63, 3.8) is 0 Å². The minimum absolute atomic E-state index is 0.0148. The molecule has 0 radical (unpaired) electrons. The van der Waals surface area contributed by atoms with Crippen molar-refractivity contribution in [2.45, 2.75) is 84.0 Å². The van der Waals surface area contributed by atoms with E-state index >= 15 is 0 Å². The summed E-state index contributed by atoms with van der Waals surface area (Å²) in [6, 6.07) is 11.7. The number of carbonyl (C=O) groups is 1. The number of carbonyl (C=O) groups excluding carboxylic acids is 1. The summed E-state index contributed by atoms with van der Waals surface area (Å²) >= 11 is 0. The van der Waals surface area contributed by atoms with E-state index in [1.54, 1.807) is 30.3 Å². The summed E-state index contributed by atoms with van der Waals surface area (Å²) in [5.41, 5.74) is 1.62. The fourth-order valence-electron chi connectivity index (χ4n) is 3.82. The smallest absolute Gasteiger partial charge is 0.311 e. The van der Waals surface area contributed by atoms with Crippen molar-refractivity contribution < 1.29 is 19.7 Å². The van der Waals surface area contributed by atoms with Gasteiger partial charge >= 0.3 is 5.97 Å². The molecule has 2 rings (SSSR count). The zero-order valence-electron chi connectivity index (χ0n) is 21.7. The van der Waals surface area contributed by atoms with Gasteiger partial charge in [0.2, 0.25) is 0 Å². The second-order valence-electron chi connectivity index (χ2n) is 9.14. The molecule has 2 aromatic carbocycles. The highest BCUT2D eigenvalue weighted by Gasteiger charge is 2.04. The summed E-state index contributed by atoms with van der Waals surface area (Å²) in [4.78, 5) is 12.1. The van der Waals surface area contributed by atoms with Gasteiger partial charge < -0.3 is 14.9 Å². The van der Waals surface area contributed by atoms with Gasteiger partial charge in [-0.15, -0.1) is 0 Å². The van der Waals surface area contributed by atoms with E-state index in [4.69, 9.17) is 4.74 Å². The molecule has 0 bridgehead atoms. The van der Waals surface area contributed by atoms with Gasteiger partial charge in [0.05, 0.1) is 0 Å². The van der Waals surface area contributed by atoms with Gasteiger partial charge in [0, 0.05) is 12.5 Å². The second kappa shape index (κ2) is 18.1. The molecule has 0 aromatic heterocycles. The van der Waals surface area contributed by atoms with Crippen LogP contribution < -0.4 is 4.74 Å². The second-order valence-corrected chi connectivity index (χ2v) is 9.14. The normalized spacial score (nSPS) is 11.7. The van der Waals surface area contributed by atoms with Crippen LogP contribution in [0, 0.1) is 0 Å². The Morgan fingerprint density at radius 1 is 0.722 bits per heavy atom. The summed E-state index contributed by atoms with van der Waals surface area (Å²) in [5.74, 6) is 0.371. The minimum Gasteiger partial charge on any atom is -0.508 e. The Morgan fingerprint density at radius 2 is 1.31 bits per heavy atom. The number of hydrogen-bond acceptors (Lipinski definition) is 4. The minimum atomic E-state index is -0.195. The van der Waals surface area contributed by atoms with E-state index in [0.717, 1.165) is 37.7 Å². The van der Waals surface area contributed by atoms with Crippen molar-refractivity contribution in [1.82, 2.24) is 0 Å². The number of rotatable bonds is 17. The summed E-state index contributed by atoms with van der Waals surface area (Å²) in [6.45, 7) is 2.23. The molecule has 0 fully saturated rings. The Kier molecular flexibility index (Phi) is 14.5.